The van der Waals surface area contributed by atoms with E-state index in [1.807, 2.05) is 0 Å². The van der Waals surface area contributed by atoms with Crippen LogP contribution in [0.2, 0.25) is 10.0 Å². The summed E-state index contributed by atoms with van der Waals surface area (Å²) in [7, 11) is 1.48. The quantitative estimate of drug-likeness (QED) is 0.427. The first-order chi connectivity index (χ1) is 9.41. The van der Waals surface area contributed by atoms with Crippen LogP contribution in [0.3, 0.4) is 0 Å². The summed E-state index contributed by atoms with van der Waals surface area (Å²) in [6, 6.07) is 2.29. The lowest BCUT2D eigenvalue weighted by atomic mass is 9.98. The number of hydrogen-bond acceptors (Lipinski definition) is 5. The van der Waals surface area contributed by atoms with Crippen molar-refractivity contribution in [1.29, 1.82) is 0 Å². The minimum absolute atomic E-state index is 0.0262. The molecular weight excluding hydrogens is 365 g/mol. The van der Waals surface area contributed by atoms with Gasteiger partial charge in [0.25, 0.3) is 0 Å². The van der Waals surface area contributed by atoms with E-state index in [2.05, 4.69) is 0 Å². The SMILES string of the molecule is CC(C)(COc1cc(Cl)c(Cl)cc1[N+](=O)[O-])CS(=O)(=O)Cl. The molecule has 0 radical (unpaired) electrons. The normalized spacial score (nSPS) is 12.2. The molecule has 0 spiro atoms. The molecule has 1 aromatic rings. The molecule has 0 N–H and O–H groups in total. The van der Waals surface area contributed by atoms with Gasteiger partial charge in [0.2, 0.25) is 9.05 Å². The van der Waals surface area contributed by atoms with Crippen LogP contribution >= 0.6 is 33.9 Å². The van der Waals surface area contributed by atoms with E-state index in [1.165, 1.54) is 6.07 Å². The van der Waals surface area contributed by atoms with Crippen molar-refractivity contribution in [2.24, 2.45) is 5.41 Å². The van der Waals surface area contributed by atoms with Crippen molar-refractivity contribution in [3.8, 4) is 5.75 Å². The predicted molar refractivity (Wildman–Crippen MR) is 82.0 cm³/mol. The van der Waals surface area contributed by atoms with E-state index in [0.29, 0.717) is 0 Å². The van der Waals surface area contributed by atoms with E-state index in [9.17, 15) is 18.5 Å². The van der Waals surface area contributed by atoms with Crippen molar-refractivity contribution in [2.75, 3.05) is 12.4 Å². The molecule has 0 fully saturated rings. The summed E-state index contributed by atoms with van der Waals surface area (Å²) >= 11 is 11.5. The summed E-state index contributed by atoms with van der Waals surface area (Å²) in [6.07, 6.45) is 0. The first kappa shape index (κ1) is 18.3. The third kappa shape index (κ3) is 5.86. The molecule has 6 nitrogen and oxygen atoms in total. The van der Waals surface area contributed by atoms with Gasteiger partial charge in [-0.2, -0.15) is 0 Å². The summed E-state index contributed by atoms with van der Waals surface area (Å²) in [5.41, 5.74) is -1.19. The standard InChI is InChI=1S/C11H12Cl3NO5S/c1-11(2,6-21(14,18)19)5-20-10-4-8(13)7(12)3-9(10)15(16)17/h3-4H,5-6H2,1-2H3. The van der Waals surface area contributed by atoms with Crippen LogP contribution in [0.4, 0.5) is 5.69 Å². The minimum Gasteiger partial charge on any atom is -0.486 e. The van der Waals surface area contributed by atoms with Gasteiger partial charge in [-0.05, 0) is 0 Å². The summed E-state index contributed by atoms with van der Waals surface area (Å²) in [5, 5.41) is 11.1. The molecule has 118 valence electrons. The molecule has 0 saturated carbocycles. The second-order valence-electron chi connectivity index (χ2n) is 5.13. The Balaban J connectivity index is 2.98. The number of nitro groups is 1. The van der Waals surface area contributed by atoms with Crippen LogP contribution in [-0.4, -0.2) is 25.7 Å². The maximum absolute atomic E-state index is 11.1. The highest BCUT2D eigenvalue weighted by Gasteiger charge is 2.27. The molecule has 10 heteroatoms. The summed E-state index contributed by atoms with van der Waals surface area (Å²) in [6.45, 7) is 3.12. The Bertz CT molecular complexity index is 660. The lowest BCUT2D eigenvalue weighted by Crippen LogP contribution is -2.28. The van der Waals surface area contributed by atoms with Gasteiger partial charge in [-0.1, -0.05) is 37.0 Å². The lowest BCUT2D eigenvalue weighted by Gasteiger charge is -2.22. The van der Waals surface area contributed by atoms with Gasteiger partial charge in [-0.15, -0.1) is 0 Å². The first-order valence-corrected chi connectivity index (χ1v) is 8.83. The van der Waals surface area contributed by atoms with Crippen LogP contribution in [-0.2, 0) is 9.05 Å². The van der Waals surface area contributed by atoms with Crippen LogP contribution in [0.1, 0.15) is 13.8 Å². The molecule has 1 rings (SSSR count). The van der Waals surface area contributed by atoms with E-state index in [-0.39, 0.29) is 33.8 Å². The molecule has 0 heterocycles. The zero-order valence-corrected chi connectivity index (χ0v) is 14.2. The molecule has 0 aromatic heterocycles. The van der Waals surface area contributed by atoms with Crippen LogP contribution < -0.4 is 4.74 Å². The third-order valence-corrected chi connectivity index (χ3v) is 4.56. The van der Waals surface area contributed by atoms with Crippen molar-refractivity contribution in [3.63, 3.8) is 0 Å². The third-order valence-electron chi connectivity index (χ3n) is 2.38. The number of nitro benzene ring substituents is 1. The Labute approximate surface area is 136 Å². The molecular formula is C11H12Cl3NO5S. The fourth-order valence-electron chi connectivity index (χ4n) is 1.56. The van der Waals surface area contributed by atoms with Crippen LogP contribution in [0.5, 0.6) is 5.75 Å². The van der Waals surface area contributed by atoms with Gasteiger partial charge in [0.15, 0.2) is 5.75 Å². The van der Waals surface area contributed by atoms with Crippen molar-refractivity contribution < 1.29 is 18.1 Å². The molecule has 0 bridgehead atoms. The molecule has 0 aliphatic heterocycles. The van der Waals surface area contributed by atoms with E-state index in [0.717, 1.165) is 6.07 Å². The van der Waals surface area contributed by atoms with Gasteiger partial charge >= 0.3 is 5.69 Å². The van der Waals surface area contributed by atoms with Gasteiger partial charge in [0.05, 0.1) is 27.3 Å². The molecule has 0 atom stereocenters. The molecule has 21 heavy (non-hydrogen) atoms. The lowest BCUT2D eigenvalue weighted by molar-refractivity contribution is -0.385. The van der Waals surface area contributed by atoms with E-state index in [4.69, 9.17) is 38.6 Å². The van der Waals surface area contributed by atoms with Crippen LogP contribution in [0.25, 0.3) is 0 Å². The topological polar surface area (TPSA) is 86.5 Å². The second kappa shape index (κ2) is 6.56. The Morgan fingerprint density at radius 2 is 1.81 bits per heavy atom. The first-order valence-electron chi connectivity index (χ1n) is 5.60. The van der Waals surface area contributed by atoms with Gasteiger partial charge < -0.3 is 4.74 Å². The van der Waals surface area contributed by atoms with Gasteiger partial charge in [0.1, 0.15) is 0 Å². The Hall–Kier alpha value is -0.760. The fourth-order valence-corrected chi connectivity index (χ4v) is 3.77. The summed E-state index contributed by atoms with van der Waals surface area (Å²) in [5.74, 6) is -0.425. The number of halogens is 3. The Kier molecular flexibility index (Phi) is 5.71. The van der Waals surface area contributed by atoms with Gasteiger partial charge in [-0.3, -0.25) is 10.1 Å². The van der Waals surface area contributed by atoms with Crippen molar-refractivity contribution in [1.82, 2.24) is 0 Å². The highest BCUT2D eigenvalue weighted by molar-refractivity contribution is 8.13. The number of rotatable bonds is 6. The second-order valence-corrected chi connectivity index (χ2v) is 8.72. The maximum atomic E-state index is 11.1. The van der Waals surface area contributed by atoms with Crippen LogP contribution in [0.15, 0.2) is 12.1 Å². The summed E-state index contributed by atoms with van der Waals surface area (Å²) in [4.78, 5) is 10.3. The number of hydrogen-bond donors (Lipinski definition) is 0. The van der Waals surface area contributed by atoms with Crippen LogP contribution in [0, 0.1) is 15.5 Å². The van der Waals surface area contributed by atoms with E-state index in [1.54, 1.807) is 13.8 Å². The molecule has 0 amide bonds. The molecule has 1 aromatic carbocycles. The largest absolute Gasteiger partial charge is 0.486 e. The van der Waals surface area contributed by atoms with E-state index < -0.39 is 19.4 Å². The summed E-state index contributed by atoms with van der Waals surface area (Å²) < 4.78 is 27.5. The van der Waals surface area contributed by atoms with Crippen molar-refractivity contribution >= 4 is 48.6 Å². The number of nitrogens with zero attached hydrogens (tertiary/aromatic N) is 1. The Morgan fingerprint density at radius 1 is 1.29 bits per heavy atom. The monoisotopic (exact) mass is 375 g/mol. The smallest absolute Gasteiger partial charge is 0.312 e. The highest BCUT2D eigenvalue weighted by Crippen LogP contribution is 2.36. The highest BCUT2D eigenvalue weighted by atomic mass is 35.7. The zero-order valence-electron chi connectivity index (χ0n) is 11.1. The molecule has 0 saturated heterocycles. The zero-order chi connectivity index (χ0) is 16.4. The maximum Gasteiger partial charge on any atom is 0.312 e. The molecule has 0 unspecified atom stereocenters. The predicted octanol–water partition coefficient (Wildman–Crippen LogP) is 3.88. The van der Waals surface area contributed by atoms with Crippen molar-refractivity contribution in [3.05, 3.63) is 32.3 Å². The number of ether oxygens (including phenoxy) is 1. The number of benzene rings is 1. The molecule has 0 aliphatic rings. The van der Waals surface area contributed by atoms with Crippen molar-refractivity contribution in [2.45, 2.75) is 13.8 Å². The van der Waals surface area contributed by atoms with Gasteiger partial charge in [-0.25, -0.2) is 8.42 Å². The van der Waals surface area contributed by atoms with Gasteiger partial charge in [0, 0.05) is 28.2 Å². The fraction of sp³-hybridized carbons (Fsp3) is 0.455. The van der Waals surface area contributed by atoms with E-state index >= 15 is 0 Å². The minimum atomic E-state index is -3.72. The average Bonchev–Trinajstić information content (AvgIpc) is 2.26. The average molecular weight is 377 g/mol. The molecule has 0 aliphatic carbocycles. The Morgan fingerprint density at radius 3 is 2.29 bits per heavy atom.